The molecular weight excluding hydrogens is 321 g/mol. The number of amides is 2. The number of alkyl halides is 3. The second-order valence-electron chi connectivity index (χ2n) is 4.04. The topological polar surface area (TPSA) is 93.7 Å². The van der Waals surface area contributed by atoms with Gasteiger partial charge in [0.25, 0.3) is 5.91 Å². The van der Waals surface area contributed by atoms with Gasteiger partial charge in [-0.3, -0.25) is 20.4 Å². The summed E-state index contributed by atoms with van der Waals surface area (Å²) in [5, 5.41) is 0. The number of hydrogen-bond acceptors (Lipinski definition) is 5. The number of methoxy groups -OCH3 is 1. The monoisotopic (exact) mass is 334 g/mol. The van der Waals surface area contributed by atoms with Crippen LogP contribution in [0.1, 0.15) is 22.8 Å². The van der Waals surface area contributed by atoms with Gasteiger partial charge in [-0.05, 0) is 25.1 Å². The SMILES string of the molecule is CCOC(=O)C(=O)NNC(=O)c1cc(C(F)(F)F)ccc1OC. The molecule has 2 N–H and O–H groups in total. The largest absolute Gasteiger partial charge is 0.496 e. The van der Waals surface area contributed by atoms with Gasteiger partial charge >= 0.3 is 18.1 Å². The lowest BCUT2D eigenvalue weighted by atomic mass is 10.1. The van der Waals surface area contributed by atoms with Gasteiger partial charge < -0.3 is 9.47 Å². The van der Waals surface area contributed by atoms with Gasteiger partial charge in [0.15, 0.2) is 0 Å². The molecule has 0 saturated heterocycles. The van der Waals surface area contributed by atoms with Crippen LogP contribution >= 0.6 is 0 Å². The molecule has 0 aliphatic heterocycles. The first-order chi connectivity index (χ1) is 10.7. The summed E-state index contributed by atoms with van der Waals surface area (Å²) in [7, 11) is 1.16. The van der Waals surface area contributed by atoms with Gasteiger partial charge in [0, 0.05) is 0 Å². The van der Waals surface area contributed by atoms with Crippen LogP contribution in [0.15, 0.2) is 18.2 Å². The number of rotatable bonds is 3. The molecule has 126 valence electrons. The van der Waals surface area contributed by atoms with Crippen LogP contribution in [-0.4, -0.2) is 31.5 Å². The van der Waals surface area contributed by atoms with Gasteiger partial charge in [0.1, 0.15) is 5.75 Å². The molecule has 0 aliphatic carbocycles. The number of hydrazine groups is 1. The number of esters is 1. The van der Waals surface area contributed by atoms with Gasteiger partial charge in [-0.1, -0.05) is 0 Å². The number of carbonyl (C=O) groups excluding carboxylic acids is 3. The summed E-state index contributed by atoms with van der Waals surface area (Å²) in [4.78, 5) is 34.1. The van der Waals surface area contributed by atoms with Crippen molar-refractivity contribution in [1.29, 1.82) is 0 Å². The molecule has 0 aromatic heterocycles. The van der Waals surface area contributed by atoms with E-state index in [1.807, 2.05) is 0 Å². The molecular formula is C13H13F3N2O5. The molecule has 7 nitrogen and oxygen atoms in total. The third-order valence-electron chi connectivity index (χ3n) is 2.52. The van der Waals surface area contributed by atoms with E-state index >= 15 is 0 Å². The Kier molecular flexibility index (Phi) is 5.94. The van der Waals surface area contributed by atoms with Crippen molar-refractivity contribution in [1.82, 2.24) is 10.9 Å². The number of halogens is 3. The number of benzene rings is 1. The number of carbonyl (C=O) groups is 3. The predicted molar refractivity (Wildman–Crippen MR) is 70.2 cm³/mol. The molecule has 0 atom stereocenters. The van der Waals surface area contributed by atoms with Gasteiger partial charge in [0.2, 0.25) is 0 Å². The lowest BCUT2D eigenvalue weighted by Gasteiger charge is -2.13. The lowest BCUT2D eigenvalue weighted by Crippen LogP contribution is -2.45. The second-order valence-corrected chi connectivity index (χ2v) is 4.04. The van der Waals surface area contributed by atoms with Crippen LogP contribution in [0.5, 0.6) is 5.75 Å². The molecule has 0 fully saturated rings. The van der Waals surface area contributed by atoms with E-state index in [2.05, 4.69) is 4.74 Å². The minimum atomic E-state index is -4.66. The summed E-state index contributed by atoms with van der Waals surface area (Å²) >= 11 is 0. The smallest absolute Gasteiger partial charge is 0.416 e. The predicted octanol–water partition coefficient (Wildman–Crippen LogP) is 1.04. The van der Waals surface area contributed by atoms with Crippen LogP contribution in [0.25, 0.3) is 0 Å². The third-order valence-corrected chi connectivity index (χ3v) is 2.52. The Balaban J connectivity index is 2.90. The highest BCUT2D eigenvalue weighted by Gasteiger charge is 2.32. The maximum atomic E-state index is 12.7. The fourth-order valence-electron chi connectivity index (χ4n) is 1.49. The average molecular weight is 334 g/mol. The molecule has 23 heavy (non-hydrogen) atoms. The van der Waals surface area contributed by atoms with E-state index < -0.39 is 35.1 Å². The molecule has 0 spiro atoms. The Morgan fingerprint density at radius 3 is 2.35 bits per heavy atom. The molecule has 0 radical (unpaired) electrons. The van der Waals surface area contributed by atoms with E-state index in [9.17, 15) is 27.6 Å². The molecule has 0 bridgehead atoms. The van der Waals surface area contributed by atoms with Crippen molar-refractivity contribution in [2.24, 2.45) is 0 Å². The Morgan fingerprint density at radius 1 is 1.17 bits per heavy atom. The molecule has 1 rings (SSSR count). The van der Waals surface area contributed by atoms with Crippen LogP contribution in [0.2, 0.25) is 0 Å². The number of hydrogen-bond donors (Lipinski definition) is 2. The normalized spacial score (nSPS) is 10.7. The summed E-state index contributed by atoms with van der Waals surface area (Å²) in [6.45, 7) is 1.42. The van der Waals surface area contributed by atoms with E-state index in [1.54, 1.807) is 10.9 Å². The van der Waals surface area contributed by atoms with Crippen LogP contribution < -0.4 is 15.6 Å². The highest BCUT2D eigenvalue weighted by atomic mass is 19.4. The summed E-state index contributed by atoms with van der Waals surface area (Å²) in [6.07, 6.45) is -4.66. The molecule has 0 unspecified atom stereocenters. The quantitative estimate of drug-likeness (QED) is 0.489. The molecule has 0 aliphatic rings. The van der Waals surface area contributed by atoms with E-state index in [0.29, 0.717) is 6.07 Å². The van der Waals surface area contributed by atoms with Crippen molar-refractivity contribution in [3.63, 3.8) is 0 Å². The van der Waals surface area contributed by atoms with Gasteiger partial charge in [-0.2, -0.15) is 13.2 Å². The zero-order valence-corrected chi connectivity index (χ0v) is 12.1. The fraction of sp³-hybridized carbons (Fsp3) is 0.308. The van der Waals surface area contributed by atoms with Crippen LogP contribution in [-0.2, 0) is 20.5 Å². The Labute approximate surface area is 128 Å². The minimum absolute atomic E-state index is 0.0539. The summed E-state index contributed by atoms with van der Waals surface area (Å²) < 4.78 is 47.2. The van der Waals surface area contributed by atoms with Crippen molar-refractivity contribution in [3.05, 3.63) is 29.3 Å². The highest BCUT2D eigenvalue weighted by molar-refractivity contribution is 6.32. The first kappa shape index (κ1) is 18.3. The zero-order chi connectivity index (χ0) is 17.6. The number of ether oxygens (including phenoxy) is 2. The summed E-state index contributed by atoms with van der Waals surface area (Å²) in [5.74, 6) is -3.75. The zero-order valence-electron chi connectivity index (χ0n) is 12.1. The summed E-state index contributed by atoms with van der Waals surface area (Å²) in [6, 6.07) is 2.27. The minimum Gasteiger partial charge on any atom is -0.496 e. The van der Waals surface area contributed by atoms with E-state index in [4.69, 9.17) is 4.74 Å². The first-order valence-electron chi connectivity index (χ1n) is 6.23. The lowest BCUT2D eigenvalue weighted by molar-refractivity contribution is -0.154. The van der Waals surface area contributed by atoms with Crippen molar-refractivity contribution in [2.75, 3.05) is 13.7 Å². The van der Waals surface area contributed by atoms with Crippen LogP contribution in [0.4, 0.5) is 13.2 Å². The summed E-state index contributed by atoms with van der Waals surface area (Å²) in [5.41, 5.74) is 1.99. The van der Waals surface area contributed by atoms with Gasteiger partial charge in [-0.15, -0.1) is 0 Å². The second kappa shape index (κ2) is 7.47. The molecule has 10 heteroatoms. The van der Waals surface area contributed by atoms with Gasteiger partial charge in [0.05, 0.1) is 24.8 Å². The van der Waals surface area contributed by atoms with E-state index in [-0.39, 0.29) is 12.4 Å². The molecule has 0 saturated carbocycles. The Morgan fingerprint density at radius 2 is 1.83 bits per heavy atom. The van der Waals surface area contributed by atoms with Crippen molar-refractivity contribution < 1.29 is 37.0 Å². The van der Waals surface area contributed by atoms with Crippen LogP contribution in [0.3, 0.4) is 0 Å². The Hall–Kier alpha value is -2.78. The standard InChI is InChI=1S/C13H13F3N2O5/c1-3-23-12(21)11(20)18-17-10(19)8-6-7(13(14,15)16)4-5-9(8)22-2/h4-6H,3H2,1-2H3,(H,17,19)(H,18,20). The van der Waals surface area contributed by atoms with Gasteiger partial charge in [-0.25, -0.2) is 4.79 Å². The molecule has 1 aromatic carbocycles. The maximum absolute atomic E-state index is 12.7. The number of nitrogens with one attached hydrogen (secondary N) is 2. The van der Waals surface area contributed by atoms with E-state index in [1.165, 1.54) is 6.92 Å². The third kappa shape index (κ3) is 4.87. The average Bonchev–Trinajstić information content (AvgIpc) is 2.50. The van der Waals surface area contributed by atoms with E-state index in [0.717, 1.165) is 19.2 Å². The first-order valence-corrected chi connectivity index (χ1v) is 6.23. The van der Waals surface area contributed by atoms with Crippen molar-refractivity contribution in [3.8, 4) is 5.75 Å². The van der Waals surface area contributed by atoms with Crippen molar-refractivity contribution >= 4 is 17.8 Å². The van der Waals surface area contributed by atoms with Crippen molar-refractivity contribution in [2.45, 2.75) is 13.1 Å². The maximum Gasteiger partial charge on any atom is 0.416 e. The van der Waals surface area contributed by atoms with Crippen LogP contribution in [0, 0.1) is 0 Å². The highest BCUT2D eigenvalue weighted by Crippen LogP contribution is 2.32. The molecule has 1 aromatic rings. The Bertz CT molecular complexity index is 616. The fourth-order valence-corrected chi connectivity index (χ4v) is 1.49. The molecule has 2 amide bonds. The molecule has 0 heterocycles.